The number of nitrogens with zero attached hydrogens (tertiary/aromatic N) is 2. The first kappa shape index (κ1) is 20.0. The number of allylic oxidation sites excluding steroid dienone is 1. The molecule has 5 nitrogen and oxygen atoms in total. The third-order valence-electron chi connectivity index (χ3n) is 4.34. The Kier molecular flexibility index (Phi) is 7.17. The number of hydrogen-bond acceptors (Lipinski definition) is 5. The number of anilines is 2. The number of benzene rings is 2. The number of thioether (sulfide) groups is 1. The molecule has 3 N–H and O–H groups in total. The van der Waals surface area contributed by atoms with Gasteiger partial charge in [-0.1, -0.05) is 42.6 Å². The molecular weight excluding hydrogens is 368 g/mol. The van der Waals surface area contributed by atoms with Gasteiger partial charge in [0.25, 0.3) is 0 Å². The van der Waals surface area contributed by atoms with Gasteiger partial charge in [0.15, 0.2) is 5.17 Å². The fourth-order valence-corrected chi connectivity index (χ4v) is 3.57. The Balaban J connectivity index is 1.60. The van der Waals surface area contributed by atoms with Crippen LogP contribution in [-0.4, -0.2) is 43.5 Å². The normalized spacial score (nSPS) is 15.0. The van der Waals surface area contributed by atoms with Crippen LogP contribution in [0.1, 0.15) is 5.56 Å². The maximum Gasteiger partial charge on any atom is 0.165 e. The first-order valence-electron chi connectivity index (χ1n) is 9.27. The van der Waals surface area contributed by atoms with Crippen LogP contribution in [0, 0.1) is 0 Å². The smallest absolute Gasteiger partial charge is 0.165 e. The van der Waals surface area contributed by atoms with Crippen molar-refractivity contribution in [3.63, 3.8) is 0 Å². The number of aliphatic imine (C=N–C) groups is 1. The van der Waals surface area contributed by atoms with Crippen LogP contribution in [-0.2, 0) is 0 Å². The van der Waals surface area contributed by atoms with Crippen molar-refractivity contribution in [2.24, 2.45) is 4.99 Å². The van der Waals surface area contributed by atoms with E-state index < -0.39 is 0 Å². The van der Waals surface area contributed by atoms with Crippen molar-refractivity contribution >= 4 is 34.4 Å². The second kappa shape index (κ2) is 10.0. The summed E-state index contributed by atoms with van der Waals surface area (Å²) < 4.78 is 0. The van der Waals surface area contributed by atoms with Gasteiger partial charge in [-0.15, -0.1) is 0 Å². The van der Waals surface area contributed by atoms with E-state index in [4.69, 9.17) is 0 Å². The maximum atomic E-state index is 9.54. The molecule has 0 bridgehead atoms. The van der Waals surface area contributed by atoms with Crippen LogP contribution in [0.3, 0.4) is 0 Å². The lowest BCUT2D eigenvalue weighted by Gasteiger charge is -2.29. The summed E-state index contributed by atoms with van der Waals surface area (Å²) in [6, 6.07) is 15.5. The molecule has 0 unspecified atom stereocenters. The van der Waals surface area contributed by atoms with E-state index in [1.54, 1.807) is 19.2 Å². The van der Waals surface area contributed by atoms with Crippen LogP contribution < -0.4 is 15.5 Å². The Morgan fingerprint density at radius 3 is 2.75 bits per heavy atom. The number of rotatable bonds is 5. The highest BCUT2D eigenvalue weighted by molar-refractivity contribution is 8.17. The molecule has 1 saturated heterocycles. The third-order valence-corrected chi connectivity index (χ3v) is 5.22. The zero-order valence-corrected chi connectivity index (χ0v) is 16.9. The molecule has 1 heterocycles. The molecule has 0 aliphatic carbocycles. The summed E-state index contributed by atoms with van der Waals surface area (Å²) >= 11 is 1.48. The molecule has 0 saturated carbocycles. The number of phenols is 1. The highest BCUT2D eigenvalue weighted by Gasteiger charge is 2.11. The topological polar surface area (TPSA) is 59.9 Å². The molecule has 0 atom stereocenters. The van der Waals surface area contributed by atoms with Gasteiger partial charge in [0.05, 0.1) is 0 Å². The minimum atomic E-state index is 0.252. The SMILES string of the molecule is C=C(/C=C/c1cccc(O)c1)SC(=NC)Nc1cccc(N2CCNCC2)c1. The largest absolute Gasteiger partial charge is 0.508 e. The van der Waals surface area contributed by atoms with Gasteiger partial charge >= 0.3 is 0 Å². The van der Waals surface area contributed by atoms with Crippen molar-refractivity contribution in [1.82, 2.24) is 5.32 Å². The molecule has 2 aromatic carbocycles. The summed E-state index contributed by atoms with van der Waals surface area (Å²) in [5.41, 5.74) is 3.15. The Morgan fingerprint density at radius 1 is 1.21 bits per heavy atom. The molecular formula is C22H26N4OS. The summed E-state index contributed by atoms with van der Waals surface area (Å²) in [4.78, 5) is 7.58. The van der Waals surface area contributed by atoms with Crippen molar-refractivity contribution in [2.45, 2.75) is 0 Å². The Morgan fingerprint density at radius 2 is 2.00 bits per heavy atom. The van der Waals surface area contributed by atoms with Gasteiger partial charge in [-0.25, -0.2) is 0 Å². The summed E-state index contributed by atoms with van der Waals surface area (Å²) in [7, 11) is 1.77. The van der Waals surface area contributed by atoms with Crippen molar-refractivity contribution in [3.05, 3.63) is 71.7 Å². The molecule has 3 rings (SSSR count). The van der Waals surface area contributed by atoms with Crippen LogP contribution in [0.5, 0.6) is 5.75 Å². The number of hydrogen-bond donors (Lipinski definition) is 3. The minimum Gasteiger partial charge on any atom is -0.508 e. The van der Waals surface area contributed by atoms with Crippen LogP contribution in [0.25, 0.3) is 6.08 Å². The number of piperazine rings is 1. The molecule has 0 aromatic heterocycles. The highest BCUT2D eigenvalue weighted by Crippen LogP contribution is 2.24. The van der Waals surface area contributed by atoms with Crippen molar-refractivity contribution < 1.29 is 5.11 Å². The van der Waals surface area contributed by atoms with Crippen LogP contribution in [0.15, 0.2) is 71.1 Å². The lowest BCUT2D eigenvalue weighted by Crippen LogP contribution is -2.43. The number of nitrogens with one attached hydrogen (secondary N) is 2. The first-order chi connectivity index (χ1) is 13.6. The molecule has 0 radical (unpaired) electrons. The van der Waals surface area contributed by atoms with E-state index in [9.17, 15) is 5.11 Å². The van der Waals surface area contributed by atoms with Gasteiger partial charge in [-0.2, -0.15) is 0 Å². The second-order valence-electron chi connectivity index (χ2n) is 6.44. The van der Waals surface area contributed by atoms with Crippen LogP contribution >= 0.6 is 11.8 Å². The molecule has 1 aliphatic heterocycles. The number of phenolic OH excluding ortho intramolecular Hbond substituents is 1. The van der Waals surface area contributed by atoms with Crippen molar-refractivity contribution in [3.8, 4) is 5.75 Å². The lowest BCUT2D eigenvalue weighted by atomic mass is 10.2. The van der Waals surface area contributed by atoms with E-state index in [0.29, 0.717) is 0 Å². The standard InChI is InChI=1S/C22H26N4OS/c1-17(9-10-18-5-3-8-21(27)15-18)28-22(23-2)25-19-6-4-7-20(16-19)26-13-11-24-12-14-26/h3-10,15-16,24,27H,1,11-14H2,2H3,(H,23,25)/b10-9+. The summed E-state index contributed by atoms with van der Waals surface area (Å²) in [6.45, 7) is 8.15. The van der Waals surface area contributed by atoms with Gasteiger partial charge < -0.3 is 20.6 Å². The second-order valence-corrected chi connectivity index (χ2v) is 7.55. The predicted octanol–water partition coefficient (Wildman–Crippen LogP) is 4.16. The Bertz CT molecular complexity index is 872. The quantitative estimate of drug-likeness (QED) is 0.404. The molecule has 0 amide bonds. The highest BCUT2D eigenvalue weighted by atomic mass is 32.2. The minimum absolute atomic E-state index is 0.252. The average Bonchev–Trinajstić information content (AvgIpc) is 2.73. The molecule has 28 heavy (non-hydrogen) atoms. The van der Waals surface area contributed by atoms with Gasteiger partial charge in [0, 0.05) is 49.5 Å². The van der Waals surface area contributed by atoms with Gasteiger partial charge in [-0.05, 0) is 42.0 Å². The zero-order chi connectivity index (χ0) is 19.8. The summed E-state index contributed by atoms with van der Waals surface area (Å²) in [5.74, 6) is 0.252. The molecule has 1 fully saturated rings. The van der Waals surface area contributed by atoms with Gasteiger partial charge in [0.2, 0.25) is 0 Å². The van der Waals surface area contributed by atoms with Crippen LogP contribution in [0.2, 0.25) is 0 Å². The fraction of sp³-hybridized carbons (Fsp3) is 0.227. The Labute approximate surface area is 170 Å². The molecule has 146 valence electrons. The molecule has 1 aliphatic rings. The first-order valence-corrected chi connectivity index (χ1v) is 10.1. The van der Waals surface area contributed by atoms with Gasteiger partial charge in [-0.3, -0.25) is 4.99 Å². The lowest BCUT2D eigenvalue weighted by molar-refractivity contribution is 0.475. The van der Waals surface area contributed by atoms with E-state index in [1.807, 2.05) is 30.4 Å². The van der Waals surface area contributed by atoms with E-state index >= 15 is 0 Å². The van der Waals surface area contributed by atoms with E-state index in [2.05, 4.69) is 45.3 Å². The molecule has 6 heteroatoms. The summed E-state index contributed by atoms with van der Waals surface area (Å²) in [6.07, 6.45) is 3.84. The Hall–Kier alpha value is -2.70. The number of amidine groups is 1. The monoisotopic (exact) mass is 394 g/mol. The molecule has 2 aromatic rings. The van der Waals surface area contributed by atoms with Gasteiger partial charge in [0.1, 0.15) is 5.75 Å². The number of aromatic hydroxyl groups is 1. The third kappa shape index (κ3) is 5.90. The van der Waals surface area contributed by atoms with E-state index in [0.717, 1.165) is 47.5 Å². The zero-order valence-electron chi connectivity index (χ0n) is 16.1. The van der Waals surface area contributed by atoms with E-state index in [-0.39, 0.29) is 5.75 Å². The summed E-state index contributed by atoms with van der Waals surface area (Å²) in [5, 5.41) is 17.1. The van der Waals surface area contributed by atoms with Crippen molar-refractivity contribution in [2.75, 3.05) is 43.4 Å². The van der Waals surface area contributed by atoms with Crippen molar-refractivity contribution in [1.29, 1.82) is 0 Å². The predicted molar refractivity (Wildman–Crippen MR) is 122 cm³/mol. The van der Waals surface area contributed by atoms with Crippen LogP contribution in [0.4, 0.5) is 11.4 Å². The molecule has 0 spiro atoms. The average molecular weight is 395 g/mol. The maximum absolute atomic E-state index is 9.54. The fourth-order valence-electron chi connectivity index (χ4n) is 2.93. The van der Waals surface area contributed by atoms with E-state index in [1.165, 1.54) is 17.4 Å².